The van der Waals surface area contributed by atoms with Crippen LogP contribution in [0, 0.1) is 0 Å². The lowest BCUT2D eigenvalue weighted by Crippen LogP contribution is -2.43. The zero-order valence-electron chi connectivity index (χ0n) is 16.3. The van der Waals surface area contributed by atoms with Crippen LogP contribution in [0.5, 0.6) is 0 Å². The van der Waals surface area contributed by atoms with Crippen LogP contribution in [0.2, 0.25) is 0 Å². The zero-order valence-corrected chi connectivity index (χ0v) is 16.3. The van der Waals surface area contributed by atoms with E-state index in [4.69, 9.17) is 4.98 Å². The second-order valence-electron chi connectivity index (χ2n) is 8.14. The second-order valence-corrected chi connectivity index (χ2v) is 8.14. The van der Waals surface area contributed by atoms with Crippen molar-refractivity contribution in [3.63, 3.8) is 0 Å². The van der Waals surface area contributed by atoms with Gasteiger partial charge in [-0.2, -0.15) is 0 Å². The predicted molar refractivity (Wildman–Crippen MR) is 113 cm³/mol. The maximum Gasteiger partial charge on any atom is 0.180 e. The van der Waals surface area contributed by atoms with Gasteiger partial charge in [-0.05, 0) is 37.8 Å². The van der Waals surface area contributed by atoms with Crippen molar-refractivity contribution in [2.24, 2.45) is 0 Å². The number of anilines is 3. The Hall–Kier alpha value is -2.41. The average molecular weight is 380 g/mol. The van der Waals surface area contributed by atoms with Gasteiger partial charge in [-0.3, -0.25) is 4.98 Å². The standard InChI is InChI=1S/C21H29N7/c1-2-4-15(3-1)26-21-19(25-16-5-6-16)14-24-20(27-21)18-8-7-17(13-23-18)28-11-9-22-10-12-28/h7-8,13-16,22,25H,1-6,9-12H2,(H,24,26,27). The highest BCUT2D eigenvalue weighted by Crippen LogP contribution is 2.31. The number of piperazine rings is 1. The summed E-state index contributed by atoms with van der Waals surface area (Å²) in [5.74, 6) is 1.62. The first kappa shape index (κ1) is 17.7. The predicted octanol–water partition coefficient (Wildman–Crippen LogP) is 2.88. The lowest BCUT2D eigenvalue weighted by Gasteiger charge is -2.29. The number of hydrogen-bond acceptors (Lipinski definition) is 7. The normalized spacial score (nSPS) is 20.4. The summed E-state index contributed by atoms with van der Waals surface area (Å²) >= 11 is 0. The minimum Gasteiger partial charge on any atom is -0.378 e. The SMILES string of the molecule is c1cc(-c2ncc(NC3CC3)c(NC3CCCC3)n2)ncc1N1CCNCC1. The number of hydrogen-bond donors (Lipinski definition) is 3. The molecule has 148 valence electrons. The van der Waals surface area contributed by atoms with Crippen LogP contribution < -0.4 is 20.9 Å². The highest BCUT2D eigenvalue weighted by molar-refractivity contribution is 5.68. The molecule has 0 bridgehead atoms. The molecule has 2 aromatic heterocycles. The van der Waals surface area contributed by atoms with Crippen LogP contribution in [0.4, 0.5) is 17.2 Å². The molecule has 3 fully saturated rings. The van der Waals surface area contributed by atoms with Gasteiger partial charge in [0.1, 0.15) is 5.69 Å². The molecular formula is C21H29N7. The molecule has 0 aromatic carbocycles. The van der Waals surface area contributed by atoms with Crippen LogP contribution in [-0.4, -0.2) is 53.2 Å². The molecule has 0 unspecified atom stereocenters. The van der Waals surface area contributed by atoms with Crippen LogP contribution >= 0.6 is 0 Å². The fourth-order valence-corrected chi connectivity index (χ4v) is 4.06. The minimum absolute atomic E-state index is 0.519. The molecule has 3 N–H and O–H groups in total. The van der Waals surface area contributed by atoms with Gasteiger partial charge >= 0.3 is 0 Å². The lowest BCUT2D eigenvalue weighted by molar-refractivity contribution is 0.589. The first-order valence-electron chi connectivity index (χ1n) is 10.7. The van der Waals surface area contributed by atoms with Crippen molar-refractivity contribution in [1.82, 2.24) is 20.3 Å². The molecule has 3 aliphatic rings. The molecule has 1 saturated heterocycles. The molecule has 0 spiro atoms. The Morgan fingerprint density at radius 3 is 2.39 bits per heavy atom. The Morgan fingerprint density at radius 1 is 0.893 bits per heavy atom. The number of rotatable bonds is 6. The molecule has 2 aliphatic carbocycles. The molecule has 2 saturated carbocycles. The summed E-state index contributed by atoms with van der Waals surface area (Å²) in [7, 11) is 0. The molecule has 7 heteroatoms. The summed E-state index contributed by atoms with van der Waals surface area (Å²) < 4.78 is 0. The zero-order chi connectivity index (χ0) is 18.8. The summed E-state index contributed by atoms with van der Waals surface area (Å²) in [4.78, 5) is 16.5. The lowest BCUT2D eigenvalue weighted by atomic mass is 10.2. The highest BCUT2D eigenvalue weighted by atomic mass is 15.2. The molecule has 7 nitrogen and oxygen atoms in total. The Balaban J connectivity index is 1.37. The van der Waals surface area contributed by atoms with Gasteiger partial charge in [0, 0.05) is 38.3 Å². The van der Waals surface area contributed by atoms with E-state index in [0.29, 0.717) is 17.9 Å². The molecule has 3 heterocycles. The Labute approximate surface area is 166 Å². The third-order valence-electron chi connectivity index (χ3n) is 5.88. The molecule has 1 aliphatic heterocycles. The Kier molecular flexibility index (Phi) is 4.99. The molecule has 28 heavy (non-hydrogen) atoms. The van der Waals surface area contributed by atoms with E-state index in [1.807, 2.05) is 18.5 Å². The third-order valence-corrected chi connectivity index (χ3v) is 5.88. The largest absolute Gasteiger partial charge is 0.378 e. The van der Waals surface area contributed by atoms with Crippen molar-refractivity contribution in [1.29, 1.82) is 0 Å². The van der Waals surface area contributed by atoms with Crippen LogP contribution in [0.15, 0.2) is 24.5 Å². The van der Waals surface area contributed by atoms with Gasteiger partial charge in [0.2, 0.25) is 0 Å². The molecule has 0 atom stereocenters. The highest BCUT2D eigenvalue weighted by Gasteiger charge is 2.24. The fourth-order valence-electron chi connectivity index (χ4n) is 4.06. The molecule has 5 rings (SSSR count). The Morgan fingerprint density at radius 2 is 1.68 bits per heavy atom. The van der Waals surface area contributed by atoms with E-state index < -0.39 is 0 Å². The van der Waals surface area contributed by atoms with Crippen molar-refractivity contribution in [3.8, 4) is 11.5 Å². The van der Waals surface area contributed by atoms with Gasteiger partial charge in [0.15, 0.2) is 11.6 Å². The number of pyridine rings is 1. The van der Waals surface area contributed by atoms with E-state index in [9.17, 15) is 0 Å². The van der Waals surface area contributed by atoms with Crippen LogP contribution in [0.1, 0.15) is 38.5 Å². The van der Waals surface area contributed by atoms with E-state index in [1.54, 1.807) is 0 Å². The first-order chi connectivity index (χ1) is 13.8. The van der Waals surface area contributed by atoms with Crippen molar-refractivity contribution >= 4 is 17.2 Å². The van der Waals surface area contributed by atoms with E-state index in [2.05, 4.69) is 36.9 Å². The Bertz CT molecular complexity index is 791. The summed E-state index contributed by atoms with van der Waals surface area (Å²) in [5, 5.41) is 10.6. The van der Waals surface area contributed by atoms with E-state index in [0.717, 1.165) is 43.4 Å². The average Bonchev–Trinajstić information content (AvgIpc) is 3.42. The van der Waals surface area contributed by atoms with E-state index in [1.165, 1.54) is 44.2 Å². The van der Waals surface area contributed by atoms with Crippen LogP contribution in [-0.2, 0) is 0 Å². The van der Waals surface area contributed by atoms with Gasteiger partial charge < -0.3 is 20.9 Å². The number of nitrogens with zero attached hydrogens (tertiary/aromatic N) is 4. The van der Waals surface area contributed by atoms with Gasteiger partial charge in [0.25, 0.3) is 0 Å². The monoisotopic (exact) mass is 379 g/mol. The van der Waals surface area contributed by atoms with Gasteiger partial charge in [-0.1, -0.05) is 12.8 Å². The van der Waals surface area contributed by atoms with E-state index in [-0.39, 0.29) is 0 Å². The maximum absolute atomic E-state index is 4.86. The quantitative estimate of drug-likeness (QED) is 0.712. The molecule has 0 amide bonds. The minimum atomic E-state index is 0.519. The summed E-state index contributed by atoms with van der Waals surface area (Å²) in [6.45, 7) is 4.09. The topological polar surface area (TPSA) is 78.0 Å². The van der Waals surface area contributed by atoms with Crippen molar-refractivity contribution in [3.05, 3.63) is 24.5 Å². The summed E-state index contributed by atoms with van der Waals surface area (Å²) in [6.07, 6.45) is 11.4. The molecular weight excluding hydrogens is 350 g/mol. The van der Waals surface area contributed by atoms with Gasteiger partial charge in [-0.15, -0.1) is 0 Å². The fraction of sp³-hybridized carbons (Fsp3) is 0.571. The van der Waals surface area contributed by atoms with Crippen LogP contribution in [0.3, 0.4) is 0 Å². The van der Waals surface area contributed by atoms with Crippen molar-refractivity contribution in [2.75, 3.05) is 41.7 Å². The molecule has 2 aromatic rings. The van der Waals surface area contributed by atoms with Gasteiger partial charge in [0.05, 0.1) is 23.8 Å². The first-order valence-corrected chi connectivity index (χ1v) is 10.7. The van der Waals surface area contributed by atoms with E-state index >= 15 is 0 Å². The number of nitrogens with one attached hydrogen (secondary N) is 3. The summed E-state index contributed by atoms with van der Waals surface area (Å²) in [5.41, 5.74) is 3.02. The number of aromatic nitrogens is 3. The maximum atomic E-state index is 4.86. The second kappa shape index (κ2) is 7.91. The smallest absolute Gasteiger partial charge is 0.180 e. The van der Waals surface area contributed by atoms with Crippen molar-refractivity contribution < 1.29 is 0 Å². The van der Waals surface area contributed by atoms with Crippen molar-refractivity contribution in [2.45, 2.75) is 50.6 Å². The summed E-state index contributed by atoms with van der Waals surface area (Å²) in [6, 6.07) is 5.28. The van der Waals surface area contributed by atoms with Crippen LogP contribution in [0.25, 0.3) is 11.5 Å². The third kappa shape index (κ3) is 4.04. The van der Waals surface area contributed by atoms with Gasteiger partial charge in [-0.25, -0.2) is 9.97 Å². The molecule has 0 radical (unpaired) electrons.